The zero-order chi connectivity index (χ0) is 15.2. The minimum Gasteiger partial charge on any atom is -0.384 e. The Hall–Kier alpha value is -0.610. The Morgan fingerprint density at radius 3 is 2.64 bits per heavy atom. The highest BCUT2D eigenvalue weighted by Gasteiger charge is 2.51. The summed E-state index contributed by atoms with van der Waals surface area (Å²) in [6.45, 7) is 6.44. The summed E-state index contributed by atoms with van der Waals surface area (Å²) >= 11 is 0. The van der Waals surface area contributed by atoms with Crippen molar-refractivity contribution in [3.05, 3.63) is 0 Å². The third-order valence-electron chi connectivity index (χ3n) is 6.36. The molecule has 0 aromatic heterocycles. The second-order valence-corrected chi connectivity index (χ2v) is 8.36. The van der Waals surface area contributed by atoms with Crippen LogP contribution in [0.15, 0.2) is 0 Å². The first-order chi connectivity index (χ1) is 10.7. The van der Waals surface area contributed by atoms with E-state index in [1.165, 1.54) is 51.7 Å². The largest absolute Gasteiger partial charge is 0.384 e. The number of carbonyl (C=O) groups is 1. The Kier molecular flexibility index (Phi) is 3.93. The van der Waals surface area contributed by atoms with Gasteiger partial charge in [0.15, 0.2) is 0 Å². The molecule has 0 radical (unpaired) electrons. The molecule has 2 aliphatic heterocycles. The number of rotatable bonds is 6. The summed E-state index contributed by atoms with van der Waals surface area (Å²) in [6, 6.07) is 0. The minimum absolute atomic E-state index is 0.310. The van der Waals surface area contributed by atoms with E-state index in [-0.39, 0.29) is 0 Å². The molecule has 0 N–H and O–H groups in total. The van der Waals surface area contributed by atoms with Crippen molar-refractivity contribution in [2.45, 2.75) is 38.5 Å². The molecule has 4 rings (SSSR count). The predicted octanol–water partition coefficient (Wildman–Crippen LogP) is 1.99. The van der Waals surface area contributed by atoms with Gasteiger partial charge in [-0.1, -0.05) is 0 Å². The lowest BCUT2D eigenvalue weighted by Gasteiger charge is -2.30. The molecule has 1 spiro atoms. The predicted molar refractivity (Wildman–Crippen MR) is 85.5 cm³/mol. The highest BCUT2D eigenvalue weighted by Crippen LogP contribution is 2.46. The normalized spacial score (nSPS) is 35.7. The number of ether oxygens (including phenoxy) is 1. The Morgan fingerprint density at radius 2 is 1.95 bits per heavy atom. The van der Waals surface area contributed by atoms with Gasteiger partial charge in [-0.15, -0.1) is 0 Å². The minimum atomic E-state index is 0.310. The quantitative estimate of drug-likeness (QED) is 0.752. The smallest absolute Gasteiger partial charge is 0.222 e. The summed E-state index contributed by atoms with van der Waals surface area (Å²) < 4.78 is 5.52. The van der Waals surface area contributed by atoms with Crippen LogP contribution in [-0.4, -0.2) is 62.1 Å². The molecule has 124 valence electrons. The van der Waals surface area contributed by atoms with Crippen molar-refractivity contribution in [3.8, 4) is 0 Å². The number of hydrogen-bond donors (Lipinski definition) is 0. The van der Waals surface area contributed by atoms with Gasteiger partial charge in [-0.25, -0.2) is 0 Å². The molecule has 2 saturated heterocycles. The first-order valence-corrected chi connectivity index (χ1v) is 9.17. The highest BCUT2D eigenvalue weighted by atomic mass is 16.5. The van der Waals surface area contributed by atoms with Crippen LogP contribution in [0.4, 0.5) is 0 Å². The van der Waals surface area contributed by atoms with Crippen LogP contribution in [0.2, 0.25) is 0 Å². The van der Waals surface area contributed by atoms with Gasteiger partial charge in [0.2, 0.25) is 5.91 Å². The molecule has 2 saturated carbocycles. The number of hydrogen-bond acceptors (Lipinski definition) is 3. The maximum absolute atomic E-state index is 12.5. The van der Waals surface area contributed by atoms with E-state index in [1.807, 2.05) is 7.11 Å². The average molecular weight is 306 g/mol. The fraction of sp³-hybridized carbons (Fsp3) is 0.944. The monoisotopic (exact) mass is 306 g/mol. The van der Waals surface area contributed by atoms with Gasteiger partial charge >= 0.3 is 0 Å². The first kappa shape index (κ1) is 14.9. The summed E-state index contributed by atoms with van der Waals surface area (Å²) in [5, 5.41) is 0. The van der Waals surface area contributed by atoms with Gasteiger partial charge in [0, 0.05) is 57.6 Å². The zero-order valence-electron chi connectivity index (χ0n) is 13.9. The topological polar surface area (TPSA) is 32.8 Å². The van der Waals surface area contributed by atoms with Crippen molar-refractivity contribution in [2.24, 2.45) is 23.2 Å². The molecule has 4 aliphatic rings. The van der Waals surface area contributed by atoms with E-state index in [4.69, 9.17) is 4.74 Å². The maximum atomic E-state index is 12.5. The Morgan fingerprint density at radius 1 is 1.18 bits per heavy atom. The van der Waals surface area contributed by atoms with Gasteiger partial charge in [-0.2, -0.15) is 0 Å². The Bertz CT molecular complexity index is 433. The van der Waals surface area contributed by atoms with Crippen LogP contribution in [0.25, 0.3) is 0 Å². The highest BCUT2D eigenvalue weighted by molar-refractivity contribution is 5.77. The van der Waals surface area contributed by atoms with Crippen LogP contribution in [0.1, 0.15) is 38.5 Å². The molecule has 4 nitrogen and oxygen atoms in total. The standard InChI is InChI=1S/C18H30N2O2/c1-22-11-16-10-19(9-15-4-5-15)12-18(16)6-7-20(13-18)17(21)8-14-2-3-14/h14-16H,2-13H2,1H3/t16-,18+/m0/s1. The third-order valence-corrected chi connectivity index (χ3v) is 6.36. The number of amides is 1. The molecule has 0 unspecified atom stereocenters. The molecule has 4 heteroatoms. The second-order valence-electron chi connectivity index (χ2n) is 8.36. The van der Waals surface area contributed by atoms with Crippen LogP contribution in [0, 0.1) is 23.2 Å². The lowest BCUT2D eigenvalue weighted by atomic mass is 9.77. The molecule has 2 aliphatic carbocycles. The summed E-state index contributed by atoms with van der Waals surface area (Å²) in [4.78, 5) is 17.3. The SMILES string of the molecule is COC[C@@H]1CN(CC2CC2)C[C@@]12CCN(C(=O)CC1CC1)C2. The van der Waals surface area contributed by atoms with Crippen LogP contribution >= 0.6 is 0 Å². The Labute approximate surface area is 134 Å². The van der Waals surface area contributed by atoms with Gasteiger partial charge < -0.3 is 14.5 Å². The number of methoxy groups -OCH3 is 1. The summed E-state index contributed by atoms with van der Waals surface area (Å²) in [7, 11) is 1.82. The average Bonchev–Trinajstić information content (AvgIpc) is 3.40. The third kappa shape index (κ3) is 3.05. The number of carbonyl (C=O) groups excluding carboxylic acids is 1. The van der Waals surface area contributed by atoms with Crippen LogP contribution in [-0.2, 0) is 9.53 Å². The lowest BCUT2D eigenvalue weighted by Crippen LogP contribution is -2.38. The molecule has 0 aromatic rings. The molecular weight excluding hydrogens is 276 g/mol. The van der Waals surface area contributed by atoms with E-state index in [2.05, 4.69) is 9.80 Å². The van der Waals surface area contributed by atoms with E-state index in [9.17, 15) is 4.79 Å². The summed E-state index contributed by atoms with van der Waals surface area (Å²) in [5.74, 6) is 2.67. The number of nitrogens with zero attached hydrogens (tertiary/aromatic N) is 2. The summed E-state index contributed by atoms with van der Waals surface area (Å²) in [6.07, 6.45) is 7.36. The van der Waals surface area contributed by atoms with E-state index in [0.29, 0.717) is 23.2 Å². The van der Waals surface area contributed by atoms with Crippen LogP contribution < -0.4 is 0 Å². The van der Waals surface area contributed by atoms with Gasteiger partial charge in [-0.3, -0.25) is 4.79 Å². The Balaban J connectivity index is 1.40. The van der Waals surface area contributed by atoms with Crippen molar-refractivity contribution in [1.29, 1.82) is 0 Å². The van der Waals surface area contributed by atoms with E-state index >= 15 is 0 Å². The van der Waals surface area contributed by atoms with Gasteiger partial charge in [0.25, 0.3) is 0 Å². The van der Waals surface area contributed by atoms with Crippen molar-refractivity contribution in [3.63, 3.8) is 0 Å². The van der Waals surface area contributed by atoms with Crippen molar-refractivity contribution in [1.82, 2.24) is 9.80 Å². The van der Waals surface area contributed by atoms with Gasteiger partial charge in [0.1, 0.15) is 0 Å². The van der Waals surface area contributed by atoms with Gasteiger partial charge in [0.05, 0.1) is 6.61 Å². The van der Waals surface area contributed by atoms with E-state index in [1.54, 1.807) is 0 Å². The van der Waals surface area contributed by atoms with E-state index in [0.717, 1.165) is 32.0 Å². The fourth-order valence-corrected chi connectivity index (χ4v) is 4.65. The van der Waals surface area contributed by atoms with Crippen molar-refractivity contribution in [2.75, 3.05) is 46.4 Å². The van der Waals surface area contributed by atoms with E-state index < -0.39 is 0 Å². The maximum Gasteiger partial charge on any atom is 0.222 e. The molecule has 1 amide bonds. The van der Waals surface area contributed by atoms with Crippen LogP contribution in [0.3, 0.4) is 0 Å². The molecular formula is C18H30N2O2. The van der Waals surface area contributed by atoms with Crippen molar-refractivity contribution >= 4 is 5.91 Å². The fourth-order valence-electron chi connectivity index (χ4n) is 4.65. The lowest BCUT2D eigenvalue weighted by molar-refractivity contribution is -0.131. The molecule has 0 bridgehead atoms. The van der Waals surface area contributed by atoms with Crippen LogP contribution in [0.5, 0.6) is 0 Å². The molecule has 2 heterocycles. The molecule has 22 heavy (non-hydrogen) atoms. The molecule has 2 atom stereocenters. The summed E-state index contributed by atoms with van der Waals surface area (Å²) in [5.41, 5.74) is 0.310. The second kappa shape index (κ2) is 5.79. The zero-order valence-corrected chi connectivity index (χ0v) is 13.9. The molecule has 0 aromatic carbocycles. The van der Waals surface area contributed by atoms with Crippen molar-refractivity contribution < 1.29 is 9.53 Å². The first-order valence-electron chi connectivity index (χ1n) is 9.17. The molecule has 4 fully saturated rings. The number of likely N-dealkylation sites (tertiary alicyclic amines) is 2. The van der Waals surface area contributed by atoms with Gasteiger partial charge in [-0.05, 0) is 43.9 Å².